The first-order valence-electron chi connectivity index (χ1n) is 11.1. The first-order valence-corrected chi connectivity index (χ1v) is 11.1. The van der Waals surface area contributed by atoms with Crippen LogP contribution in [-0.2, 0) is 11.2 Å². The van der Waals surface area contributed by atoms with E-state index in [2.05, 4.69) is 19.2 Å². The number of nitrogens with zero attached hydrogens (tertiary/aromatic N) is 1. The molecule has 1 heterocycles. The van der Waals surface area contributed by atoms with E-state index in [9.17, 15) is 9.59 Å². The summed E-state index contributed by atoms with van der Waals surface area (Å²) in [4.78, 5) is 27.1. The van der Waals surface area contributed by atoms with Crippen LogP contribution in [0.4, 0.5) is 11.4 Å². The quantitative estimate of drug-likeness (QED) is 0.611. The van der Waals surface area contributed by atoms with E-state index in [4.69, 9.17) is 9.47 Å². The Hall–Kier alpha value is -3.02. The van der Waals surface area contributed by atoms with Crippen molar-refractivity contribution in [1.29, 1.82) is 0 Å². The van der Waals surface area contributed by atoms with Crippen LogP contribution >= 0.6 is 0 Å². The molecule has 0 atom stereocenters. The van der Waals surface area contributed by atoms with Crippen LogP contribution < -0.4 is 19.7 Å². The lowest BCUT2D eigenvalue weighted by molar-refractivity contribution is -0.118. The van der Waals surface area contributed by atoms with Gasteiger partial charge in [0.25, 0.3) is 5.91 Å². The minimum Gasteiger partial charge on any atom is -0.490 e. The lowest BCUT2D eigenvalue weighted by atomic mass is 9.99. The van der Waals surface area contributed by atoms with E-state index in [1.54, 1.807) is 18.2 Å². The molecule has 0 aromatic heterocycles. The lowest BCUT2D eigenvalue weighted by Crippen LogP contribution is -2.36. The molecule has 6 heteroatoms. The van der Waals surface area contributed by atoms with E-state index >= 15 is 0 Å². The fraction of sp³-hybridized carbons (Fsp3) is 0.440. The van der Waals surface area contributed by atoms with Gasteiger partial charge in [-0.05, 0) is 74.6 Å². The van der Waals surface area contributed by atoms with Crippen LogP contribution in [0.15, 0.2) is 36.4 Å². The summed E-state index contributed by atoms with van der Waals surface area (Å²) in [6.07, 6.45) is 2.15. The van der Waals surface area contributed by atoms with E-state index in [1.807, 2.05) is 36.9 Å². The van der Waals surface area contributed by atoms with E-state index in [1.165, 1.54) is 0 Å². The number of ether oxygens (including phenoxy) is 2. The van der Waals surface area contributed by atoms with Crippen molar-refractivity contribution in [3.8, 4) is 11.5 Å². The standard InChI is InChI=1S/C25H32N2O4/c1-5-30-22-11-7-19(16-23(22)31-6-2)25(29)26-20-9-10-21-18(15-20)8-12-24(28)27(21)14-13-17(3)4/h7,9-11,15-17H,5-6,8,12-14H2,1-4H3,(H,26,29). The molecule has 2 aromatic rings. The third-order valence-electron chi connectivity index (χ3n) is 5.27. The van der Waals surface area contributed by atoms with Gasteiger partial charge in [-0.15, -0.1) is 0 Å². The van der Waals surface area contributed by atoms with Crippen molar-refractivity contribution in [3.63, 3.8) is 0 Å². The second-order valence-corrected chi connectivity index (χ2v) is 8.05. The summed E-state index contributed by atoms with van der Waals surface area (Å²) >= 11 is 0. The largest absolute Gasteiger partial charge is 0.490 e. The molecule has 1 aliphatic heterocycles. The minimum absolute atomic E-state index is 0.169. The molecular formula is C25H32N2O4. The predicted molar refractivity (Wildman–Crippen MR) is 123 cm³/mol. The van der Waals surface area contributed by atoms with Gasteiger partial charge in [-0.3, -0.25) is 9.59 Å². The Morgan fingerprint density at radius 1 is 1.03 bits per heavy atom. The number of fused-ring (bicyclic) bond motifs is 1. The van der Waals surface area contributed by atoms with Gasteiger partial charge >= 0.3 is 0 Å². The fourth-order valence-electron chi connectivity index (χ4n) is 3.67. The van der Waals surface area contributed by atoms with Crippen molar-refractivity contribution in [2.24, 2.45) is 5.92 Å². The summed E-state index contributed by atoms with van der Waals surface area (Å²) in [6, 6.07) is 11.0. The number of carbonyl (C=O) groups is 2. The maximum atomic E-state index is 12.8. The SMILES string of the molecule is CCOc1ccc(C(=O)Nc2ccc3c(c2)CCC(=O)N3CCC(C)C)cc1OCC. The van der Waals surface area contributed by atoms with Crippen molar-refractivity contribution in [3.05, 3.63) is 47.5 Å². The first kappa shape index (κ1) is 22.7. The molecule has 0 saturated heterocycles. The number of hydrogen-bond donors (Lipinski definition) is 1. The Morgan fingerprint density at radius 2 is 1.77 bits per heavy atom. The van der Waals surface area contributed by atoms with Crippen LogP contribution in [0.5, 0.6) is 11.5 Å². The highest BCUT2D eigenvalue weighted by Gasteiger charge is 2.24. The summed E-state index contributed by atoms with van der Waals surface area (Å²) < 4.78 is 11.2. The first-order chi connectivity index (χ1) is 14.9. The molecule has 0 bridgehead atoms. The lowest BCUT2D eigenvalue weighted by Gasteiger charge is -2.30. The highest BCUT2D eigenvalue weighted by Crippen LogP contribution is 2.32. The highest BCUT2D eigenvalue weighted by molar-refractivity contribution is 6.05. The molecule has 0 radical (unpaired) electrons. The Kier molecular flexibility index (Phi) is 7.55. The smallest absolute Gasteiger partial charge is 0.255 e. The van der Waals surface area contributed by atoms with Crippen LogP contribution in [0.1, 0.15) is 56.5 Å². The fourth-order valence-corrected chi connectivity index (χ4v) is 3.67. The Bertz CT molecular complexity index is 939. The van der Waals surface area contributed by atoms with Gasteiger partial charge in [-0.25, -0.2) is 0 Å². The molecule has 0 aliphatic carbocycles. The Morgan fingerprint density at radius 3 is 2.48 bits per heavy atom. The molecule has 31 heavy (non-hydrogen) atoms. The molecule has 1 N–H and O–H groups in total. The van der Waals surface area contributed by atoms with Gasteiger partial charge in [-0.1, -0.05) is 13.8 Å². The van der Waals surface area contributed by atoms with Crippen LogP contribution in [0.3, 0.4) is 0 Å². The van der Waals surface area contributed by atoms with Crippen LogP contribution in [0.25, 0.3) is 0 Å². The maximum absolute atomic E-state index is 12.8. The van der Waals surface area contributed by atoms with Gasteiger partial charge in [-0.2, -0.15) is 0 Å². The maximum Gasteiger partial charge on any atom is 0.255 e. The van der Waals surface area contributed by atoms with Gasteiger partial charge in [0.2, 0.25) is 5.91 Å². The molecule has 166 valence electrons. The van der Waals surface area contributed by atoms with Gasteiger partial charge in [0.05, 0.1) is 13.2 Å². The third kappa shape index (κ3) is 5.57. The number of aryl methyl sites for hydroxylation is 1. The summed E-state index contributed by atoms with van der Waals surface area (Å²) in [7, 11) is 0. The monoisotopic (exact) mass is 424 g/mol. The molecule has 6 nitrogen and oxygen atoms in total. The number of rotatable bonds is 9. The van der Waals surface area contributed by atoms with Gasteiger partial charge in [0, 0.05) is 29.9 Å². The van der Waals surface area contributed by atoms with Crippen molar-refractivity contribution in [2.75, 3.05) is 30.0 Å². The van der Waals surface area contributed by atoms with Crippen molar-refractivity contribution in [1.82, 2.24) is 0 Å². The predicted octanol–water partition coefficient (Wildman–Crippen LogP) is 5.06. The van der Waals surface area contributed by atoms with E-state index in [0.717, 1.165) is 24.2 Å². The second-order valence-electron chi connectivity index (χ2n) is 8.05. The molecule has 0 spiro atoms. The minimum atomic E-state index is -0.215. The van der Waals surface area contributed by atoms with Crippen LogP contribution in [-0.4, -0.2) is 31.6 Å². The van der Waals surface area contributed by atoms with Crippen molar-refractivity contribution >= 4 is 23.2 Å². The van der Waals surface area contributed by atoms with Crippen molar-refractivity contribution in [2.45, 2.75) is 47.0 Å². The van der Waals surface area contributed by atoms with Crippen molar-refractivity contribution < 1.29 is 19.1 Å². The molecule has 3 rings (SSSR count). The van der Waals surface area contributed by atoms with Crippen LogP contribution in [0, 0.1) is 5.92 Å². The average Bonchev–Trinajstić information content (AvgIpc) is 2.74. The zero-order valence-corrected chi connectivity index (χ0v) is 18.9. The Labute approximate surface area is 184 Å². The molecule has 0 fully saturated rings. The van der Waals surface area contributed by atoms with Crippen LogP contribution in [0.2, 0.25) is 0 Å². The second kappa shape index (κ2) is 10.3. The number of carbonyl (C=O) groups excluding carboxylic acids is 2. The van der Waals surface area contributed by atoms with E-state index < -0.39 is 0 Å². The summed E-state index contributed by atoms with van der Waals surface area (Å²) in [5.74, 6) is 1.67. The highest BCUT2D eigenvalue weighted by atomic mass is 16.5. The normalized spacial score (nSPS) is 13.2. The van der Waals surface area contributed by atoms with E-state index in [0.29, 0.717) is 54.7 Å². The molecule has 1 aliphatic rings. The zero-order valence-electron chi connectivity index (χ0n) is 18.9. The molecule has 2 aromatic carbocycles. The molecule has 0 saturated carbocycles. The summed E-state index contributed by atoms with van der Waals surface area (Å²) in [5.41, 5.74) is 3.25. The number of nitrogens with one attached hydrogen (secondary N) is 1. The number of amides is 2. The summed E-state index contributed by atoms with van der Waals surface area (Å²) in [5, 5.41) is 2.97. The number of hydrogen-bond acceptors (Lipinski definition) is 4. The van der Waals surface area contributed by atoms with Gasteiger partial charge in [0.15, 0.2) is 11.5 Å². The zero-order chi connectivity index (χ0) is 22.4. The average molecular weight is 425 g/mol. The molecule has 2 amide bonds. The third-order valence-corrected chi connectivity index (χ3v) is 5.27. The van der Waals surface area contributed by atoms with Gasteiger partial charge < -0.3 is 19.7 Å². The topological polar surface area (TPSA) is 67.9 Å². The van der Waals surface area contributed by atoms with Gasteiger partial charge in [0.1, 0.15) is 0 Å². The summed E-state index contributed by atoms with van der Waals surface area (Å²) in [6.45, 7) is 9.85. The number of benzene rings is 2. The van der Waals surface area contributed by atoms with E-state index in [-0.39, 0.29) is 11.8 Å². The Balaban J connectivity index is 1.77. The molecule has 0 unspecified atom stereocenters. The molecular weight excluding hydrogens is 392 g/mol. The number of anilines is 2.